The number of nitrogens with one attached hydrogen (secondary N) is 3. The van der Waals surface area contributed by atoms with Crippen LogP contribution in [-0.4, -0.2) is 78.5 Å². The highest BCUT2D eigenvalue weighted by Crippen LogP contribution is 2.17. The second kappa shape index (κ2) is 18.7. The Hall–Kier alpha value is -3.47. The zero-order valence-corrected chi connectivity index (χ0v) is 23.3. The average molecular weight is 537 g/mol. The zero-order chi connectivity index (χ0) is 29.3. The number of carbonyl (C=O) groups excluding carboxylic acids is 3. The number of aliphatic carboxylic acids is 2. The summed E-state index contributed by atoms with van der Waals surface area (Å²) in [6.45, 7) is 9.12. The van der Waals surface area contributed by atoms with Gasteiger partial charge in [-0.2, -0.15) is 0 Å². The van der Waals surface area contributed by atoms with Crippen molar-refractivity contribution >= 4 is 35.9 Å². The molecule has 1 rings (SSSR count). The molecule has 3 amide bonds. The number of hydrogen-bond donors (Lipinski definition) is 5. The molecule has 0 aliphatic rings. The quantitative estimate of drug-likeness (QED) is 0.159. The van der Waals surface area contributed by atoms with Crippen molar-refractivity contribution in [3.8, 4) is 0 Å². The van der Waals surface area contributed by atoms with Crippen molar-refractivity contribution in [3.63, 3.8) is 0 Å². The van der Waals surface area contributed by atoms with Crippen molar-refractivity contribution in [3.05, 3.63) is 29.8 Å². The van der Waals surface area contributed by atoms with E-state index in [4.69, 9.17) is 10.2 Å². The number of anilines is 1. The van der Waals surface area contributed by atoms with Crippen LogP contribution in [0.25, 0.3) is 0 Å². The topological polar surface area (TPSA) is 165 Å². The Bertz CT molecular complexity index is 886. The Morgan fingerprint density at radius 1 is 0.947 bits per heavy atom. The number of amides is 3. The van der Waals surface area contributed by atoms with Gasteiger partial charge in [0.25, 0.3) is 5.91 Å². The Kier molecular flexibility index (Phi) is 17.0. The minimum Gasteiger partial charge on any atom is -0.481 e. The maximum absolute atomic E-state index is 12.1. The number of carbonyl (C=O) groups is 5. The van der Waals surface area contributed by atoms with Crippen LogP contribution in [0, 0.1) is 17.8 Å². The van der Waals surface area contributed by atoms with E-state index >= 15 is 0 Å². The summed E-state index contributed by atoms with van der Waals surface area (Å²) in [5, 5.41) is 25.8. The van der Waals surface area contributed by atoms with Crippen LogP contribution in [0.2, 0.25) is 0 Å². The van der Waals surface area contributed by atoms with Crippen LogP contribution in [0.4, 0.5) is 5.69 Å². The molecule has 5 N–H and O–H groups in total. The van der Waals surface area contributed by atoms with Crippen LogP contribution in [0.3, 0.4) is 0 Å². The SMILES string of the molecule is CC(C)CC(CC(=O)O)C(=O)N[C@@H](CC(C)C)C(=O)O.CN(C)CCCNC(=O)c1ccc(NC=O)cc1. The van der Waals surface area contributed by atoms with Gasteiger partial charge in [0, 0.05) is 23.7 Å². The van der Waals surface area contributed by atoms with E-state index in [1.165, 1.54) is 0 Å². The molecule has 214 valence electrons. The highest BCUT2D eigenvalue weighted by atomic mass is 16.4. The lowest BCUT2D eigenvalue weighted by atomic mass is 9.92. The summed E-state index contributed by atoms with van der Waals surface area (Å²) in [4.78, 5) is 58.0. The first-order valence-corrected chi connectivity index (χ1v) is 12.7. The fraction of sp³-hybridized carbons (Fsp3) is 0.593. The predicted molar refractivity (Wildman–Crippen MR) is 146 cm³/mol. The monoisotopic (exact) mass is 536 g/mol. The van der Waals surface area contributed by atoms with Gasteiger partial charge in [-0.25, -0.2) is 4.79 Å². The summed E-state index contributed by atoms with van der Waals surface area (Å²) in [5.41, 5.74) is 1.27. The third-order valence-corrected chi connectivity index (χ3v) is 5.31. The molecule has 0 aromatic heterocycles. The third kappa shape index (κ3) is 16.3. The minimum absolute atomic E-state index is 0.0913. The lowest BCUT2D eigenvalue weighted by Crippen LogP contribution is -2.45. The smallest absolute Gasteiger partial charge is 0.326 e. The van der Waals surface area contributed by atoms with Gasteiger partial charge in [-0.05, 0) is 76.0 Å². The summed E-state index contributed by atoms with van der Waals surface area (Å²) in [7, 11) is 4.00. The number of benzene rings is 1. The Morgan fingerprint density at radius 3 is 1.97 bits per heavy atom. The van der Waals surface area contributed by atoms with Crippen LogP contribution in [0.1, 0.15) is 63.7 Å². The number of carboxylic acids is 2. The number of hydrogen-bond acceptors (Lipinski definition) is 6. The van der Waals surface area contributed by atoms with Crippen LogP contribution < -0.4 is 16.0 Å². The van der Waals surface area contributed by atoms with Gasteiger partial charge in [-0.3, -0.25) is 19.2 Å². The largest absolute Gasteiger partial charge is 0.481 e. The highest BCUT2D eigenvalue weighted by Gasteiger charge is 2.27. The highest BCUT2D eigenvalue weighted by molar-refractivity contribution is 5.94. The third-order valence-electron chi connectivity index (χ3n) is 5.31. The molecular weight excluding hydrogens is 492 g/mol. The maximum Gasteiger partial charge on any atom is 0.326 e. The van der Waals surface area contributed by atoms with E-state index in [9.17, 15) is 24.0 Å². The second-order valence-electron chi connectivity index (χ2n) is 10.2. The first-order valence-electron chi connectivity index (χ1n) is 12.7. The molecule has 0 heterocycles. The van der Waals surface area contributed by atoms with E-state index in [0.717, 1.165) is 13.0 Å². The first kappa shape index (κ1) is 34.5. The molecule has 0 saturated heterocycles. The van der Waals surface area contributed by atoms with Crippen LogP contribution >= 0.6 is 0 Å². The van der Waals surface area contributed by atoms with Gasteiger partial charge in [-0.15, -0.1) is 0 Å². The van der Waals surface area contributed by atoms with E-state index in [2.05, 4.69) is 20.9 Å². The van der Waals surface area contributed by atoms with Crippen molar-refractivity contribution in [2.75, 3.05) is 32.5 Å². The molecule has 0 aliphatic heterocycles. The van der Waals surface area contributed by atoms with Crippen molar-refractivity contribution in [2.24, 2.45) is 17.8 Å². The van der Waals surface area contributed by atoms with Gasteiger partial charge >= 0.3 is 11.9 Å². The van der Waals surface area contributed by atoms with Gasteiger partial charge in [0.1, 0.15) is 6.04 Å². The van der Waals surface area contributed by atoms with E-state index in [1.807, 2.05) is 41.8 Å². The normalized spacial score (nSPS) is 12.2. The van der Waals surface area contributed by atoms with E-state index in [0.29, 0.717) is 37.0 Å². The van der Waals surface area contributed by atoms with E-state index in [1.54, 1.807) is 24.3 Å². The summed E-state index contributed by atoms with van der Waals surface area (Å²) in [6.07, 6.45) is 1.99. The molecule has 1 unspecified atom stereocenters. The average Bonchev–Trinajstić information content (AvgIpc) is 2.81. The number of nitrogens with zero attached hydrogens (tertiary/aromatic N) is 1. The molecule has 11 nitrogen and oxygen atoms in total. The number of rotatable bonds is 16. The predicted octanol–water partition coefficient (Wildman–Crippen LogP) is 2.68. The van der Waals surface area contributed by atoms with Crippen LogP contribution in [-0.2, 0) is 19.2 Å². The number of carboxylic acid groups (broad SMARTS) is 2. The summed E-state index contributed by atoms with van der Waals surface area (Å²) in [5.74, 6) is -3.13. The first-order chi connectivity index (χ1) is 17.8. The molecule has 38 heavy (non-hydrogen) atoms. The van der Waals surface area contributed by atoms with Crippen molar-refractivity contribution in [2.45, 2.75) is 59.4 Å². The summed E-state index contributed by atoms with van der Waals surface area (Å²) in [6, 6.07) is 5.80. The standard InChI is InChI=1S/C14H25NO5.C13H19N3O2/c1-8(2)5-10(7-12(16)17)13(18)15-11(14(19)20)6-9(3)4;1-16(2)9-3-8-14-13(18)11-4-6-12(7-5-11)15-10-17/h8-11H,5-7H2,1-4H3,(H,15,18)(H,16,17)(H,19,20);4-7,10H,3,8-9H2,1-2H3,(H,14,18)(H,15,17)/t10?,11-;/m0./s1. The van der Waals surface area contributed by atoms with Gasteiger partial charge < -0.3 is 31.1 Å². The lowest BCUT2D eigenvalue weighted by Gasteiger charge is -2.21. The second-order valence-corrected chi connectivity index (χ2v) is 10.2. The lowest BCUT2D eigenvalue weighted by molar-refractivity contribution is -0.144. The van der Waals surface area contributed by atoms with E-state index in [-0.39, 0.29) is 24.2 Å². The molecule has 1 aromatic carbocycles. The van der Waals surface area contributed by atoms with Crippen LogP contribution in [0.15, 0.2) is 24.3 Å². The summed E-state index contributed by atoms with van der Waals surface area (Å²) < 4.78 is 0. The molecule has 0 fully saturated rings. The molecule has 11 heteroatoms. The molecule has 0 bridgehead atoms. The van der Waals surface area contributed by atoms with Gasteiger partial charge in [0.15, 0.2) is 0 Å². The summed E-state index contributed by atoms with van der Waals surface area (Å²) >= 11 is 0. The Morgan fingerprint density at radius 2 is 1.53 bits per heavy atom. The van der Waals surface area contributed by atoms with Gasteiger partial charge in [0.2, 0.25) is 12.3 Å². The fourth-order valence-electron chi connectivity index (χ4n) is 3.53. The van der Waals surface area contributed by atoms with Crippen molar-refractivity contribution in [1.82, 2.24) is 15.5 Å². The molecule has 0 spiro atoms. The molecule has 1 aromatic rings. The van der Waals surface area contributed by atoms with Crippen LogP contribution in [0.5, 0.6) is 0 Å². The Labute approximate surface area is 225 Å². The molecule has 0 radical (unpaired) electrons. The van der Waals surface area contributed by atoms with E-state index < -0.39 is 29.8 Å². The maximum atomic E-state index is 12.1. The van der Waals surface area contributed by atoms with Gasteiger partial charge in [0.05, 0.1) is 6.42 Å². The molecule has 0 aliphatic carbocycles. The van der Waals surface area contributed by atoms with Crippen molar-refractivity contribution < 1.29 is 34.2 Å². The molecular formula is C27H44N4O7. The molecule has 2 atom stereocenters. The fourth-order valence-corrected chi connectivity index (χ4v) is 3.53. The van der Waals surface area contributed by atoms with Crippen molar-refractivity contribution in [1.29, 1.82) is 0 Å². The minimum atomic E-state index is -1.09. The Balaban J connectivity index is 0.000000724. The molecule has 0 saturated carbocycles. The zero-order valence-electron chi connectivity index (χ0n) is 23.3. The van der Waals surface area contributed by atoms with Gasteiger partial charge in [-0.1, -0.05) is 27.7 Å².